The van der Waals surface area contributed by atoms with Gasteiger partial charge in [-0.25, -0.2) is 4.98 Å². The number of thiazole rings is 1. The Morgan fingerprint density at radius 2 is 2.17 bits per heavy atom. The zero-order chi connectivity index (χ0) is 12.5. The van der Waals surface area contributed by atoms with Crippen molar-refractivity contribution in [3.8, 4) is 0 Å². The summed E-state index contributed by atoms with van der Waals surface area (Å²) in [6.07, 6.45) is 1.000. The lowest BCUT2D eigenvalue weighted by Crippen LogP contribution is -2.23. The minimum absolute atomic E-state index is 0.170. The zero-order valence-corrected chi connectivity index (χ0v) is 11.2. The van der Waals surface area contributed by atoms with E-state index in [0.29, 0.717) is 6.04 Å². The fourth-order valence-electron chi connectivity index (χ4n) is 2.75. The van der Waals surface area contributed by atoms with Crippen molar-refractivity contribution in [3.63, 3.8) is 0 Å². The van der Waals surface area contributed by atoms with Crippen LogP contribution in [-0.2, 0) is 6.54 Å². The lowest BCUT2D eigenvalue weighted by Gasteiger charge is -2.24. The van der Waals surface area contributed by atoms with Crippen LogP contribution in [-0.4, -0.2) is 16.9 Å². The van der Waals surface area contributed by atoms with Crippen molar-refractivity contribution in [2.75, 3.05) is 7.05 Å². The number of nitrogens with two attached hydrogens (primary N) is 1. The third-order valence-corrected chi connectivity index (χ3v) is 4.29. The third kappa shape index (κ3) is 2.07. The van der Waals surface area contributed by atoms with Crippen molar-refractivity contribution in [2.45, 2.75) is 25.0 Å². The van der Waals surface area contributed by atoms with Gasteiger partial charge in [0, 0.05) is 24.0 Å². The highest BCUT2D eigenvalue weighted by molar-refractivity contribution is 7.07. The van der Waals surface area contributed by atoms with E-state index in [4.69, 9.17) is 5.73 Å². The van der Waals surface area contributed by atoms with E-state index in [0.717, 1.165) is 18.7 Å². The fourth-order valence-corrected chi connectivity index (χ4v) is 3.29. The van der Waals surface area contributed by atoms with Crippen LogP contribution in [0.1, 0.15) is 35.3 Å². The first-order valence-corrected chi connectivity index (χ1v) is 7.11. The molecule has 2 aromatic rings. The standard InChI is InChI=1S/C14H17N3S/c1-17(7-10-8-18-9-16-10)14-6-13(15)11-4-2-3-5-12(11)14/h2-5,8-9,13-14H,6-7,15H2,1H3. The Hall–Kier alpha value is -1.23. The number of hydrogen-bond donors (Lipinski definition) is 1. The molecule has 1 heterocycles. The Bertz CT molecular complexity index is 524. The monoisotopic (exact) mass is 259 g/mol. The second-order valence-electron chi connectivity index (χ2n) is 4.88. The molecular weight excluding hydrogens is 242 g/mol. The van der Waals surface area contributed by atoms with Crippen molar-refractivity contribution in [1.82, 2.24) is 9.88 Å². The van der Waals surface area contributed by atoms with Gasteiger partial charge < -0.3 is 5.73 Å². The van der Waals surface area contributed by atoms with Gasteiger partial charge in [0.15, 0.2) is 0 Å². The first-order valence-electron chi connectivity index (χ1n) is 6.17. The molecule has 1 aliphatic carbocycles. The number of hydrogen-bond acceptors (Lipinski definition) is 4. The molecule has 0 saturated heterocycles. The molecule has 1 aromatic heterocycles. The Morgan fingerprint density at radius 3 is 2.89 bits per heavy atom. The van der Waals surface area contributed by atoms with Crippen LogP contribution in [0, 0.1) is 0 Å². The van der Waals surface area contributed by atoms with Gasteiger partial charge in [0.1, 0.15) is 0 Å². The number of rotatable bonds is 3. The molecule has 4 heteroatoms. The first kappa shape index (κ1) is 11.8. The number of fused-ring (bicyclic) bond motifs is 1. The van der Waals surface area contributed by atoms with Crippen LogP contribution < -0.4 is 5.73 Å². The van der Waals surface area contributed by atoms with Crippen molar-refractivity contribution < 1.29 is 0 Å². The fraction of sp³-hybridized carbons (Fsp3) is 0.357. The molecular formula is C14H17N3S. The summed E-state index contributed by atoms with van der Waals surface area (Å²) in [5.74, 6) is 0. The first-order chi connectivity index (χ1) is 8.75. The van der Waals surface area contributed by atoms with Crippen molar-refractivity contribution >= 4 is 11.3 Å². The van der Waals surface area contributed by atoms with Crippen molar-refractivity contribution in [1.29, 1.82) is 0 Å². The van der Waals surface area contributed by atoms with Crippen LogP contribution in [0.5, 0.6) is 0 Å². The van der Waals surface area contributed by atoms with Gasteiger partial charge in [0.25, 0.3) is 0 Å². The molecule has 0 radical (unpaired) electrons. The Morgan fingerprint density at radius 1 is 1.39 bits per heavy atom. The molecule has 2 N–H and O–H groups in total. The summed E-state index contributed by atoms with van der Waals surface area (Å²) in [7, 11) is 2.15. The molecule has 0 aliphatic heterocycles. The highest BCUT2D eigenvalue weighted by Gasteiger charge is 2.30. The third-order valence-electron chi connectivity index (χ3n) is 3.66. The predicted octanol–water partition coefficient (Wildman–Crippen LogP) is 2.72. The minimum Gasteiger partial charge on any atom is -0.324 e. The zero-order valence-electron chi connectivity index (χ0n) is 10.4. The highest BCUT2D eigenvalue weighted by Crippen LogP contribution is 2.40. The normalized spacial score (nSPS) is 22.4. The molecule has 94 valence electrons. The van der Waals surface area contributed by atoms with Crippen LogP contribution >= 0.6 is 11.3 Å². The van der Waals surface area contributed by atoms with E-state index in [1.54, 1.807) is 11.3 Å². The molecule has 0 fully saturated rings. The maximum atomic E-state index is 6.21. The summed E-state index contributed by atoms with van der Waals surface area (Å²) in [4.78, 5) is 6.70. The number of benzene rings is 1. The maximum Gasteiger partial charge on any atom is 0.0795 e. The summed E-state index contributed by atoms with van der Waals surface area (Å²) in [5.41, 5.74) is 11.9. The molecule has 18 heavy (non-hydrogen) atoms. The minimum atomic E-state index is 0.170. The summed E-state index contributed by atoms with van der Waals surface area (Å²) < 4.78 is 0. The topological polar surface area (TPSA) is 42.2 Å². The average Bonchev–Trinajstić information content (AvgIpc) is 2.98. The maximum absolute atomic E-state index is 6.21. The SMILES string of the molecule is CN(Cc1cscn1)C1CC(N)c2ccccc21. The number of nitrogens with zero attached hydrogens (tertiary/aromatic N) is 2. The van der Waals surface area contributed by atoms with Gasteiger partial charge in [-0.3, -0.25) is 4.90 Å². The van der Waals surface area contributed by atoms with Crippen molar-refractivity contribution in [2.24, 2.45) is 5.73 Å². The molecule has 3 nitrogen and oxygen atoms in total. The van der Waals surface area contributed by atoms with Gasteiger partial charge in [-0.2, -0.15) is 0 Å². The molecule has 1 aromatic carbocycles. The van der Waals surface area contributed by atoms with Crippen LogP contribution in [0.2, 0.25) is 0 Å². The van der Waals surface area contributed by atoms with Gasteiger partial charge in [-0.1, -0.05) is 24.3 Å². The van der Waals surface area contributed by atoms with E-state index in [1.165, 1.54) is 11.1 Å². The average molecular weight is 259 g/mol. The Labute approximate surface area is 111 Å². The summed E-state index contributed by atoms with van der Waals surface area (Å²) in [5, 5.41) is 2.11. The van der Waals surface area contributed by atoms with E-state index in [9.17, 15) is 0 Å². The molecule has 2 atom stereocenters. The van der Waals surface area contributed by atoms with Gasteiger partial charge in [-0.15, -0.1) is 11.3 Å². The molecule has 2 unspecified atom stereocenters. The Balaban J connectivity index is 1.82. The lowest BCUT2D eigenvalue weighted by molar-refractivity contribution is 0.227. The number of aromatic nitrogens is 1. The predicted molar refractivity (Wildman–Crippen MR) is 74.3 cm³/mol. The Kier molecular flexibility index (Phi) is 3.16. The van der Waals surface area contributed by atoms with E-state index in [2.05, 4.69) is 46.6 Å². The van der Waals surface area contributed by atoms with Crippen LogP contribution in [0.15, 0.2) is 35.2 Å². The molecule has 1 aliphatic rings. The van der Waals surface area contributed by atoms with Crippen LogP contribution in [0.4, 0.5) is 0 Å². The van der Waals surface area contributed by atoms with Crippen molar-refractivity contribution in [3.05, 3.63) is 52.0 Å². The molecule has 0 bridgehead atoms. The quantitative estimate of drug-likeness (QED) is 0.921. The summed E-state index contributed by atoms with van der Waals surface area (Å²) in [6, 6.07) is 9.10. The highest BCUT2D eigenvalue weighted by atomic mass is 32.1. The molecule has 0 saturated carbocycles. The molecule has 0 spiro atoms. The van der Waals surface area contributed by atoms with E-state index >= 15 is 0 Å². The van der Waals surface area contributed by atoms with Gasteiger partial charge in [0.2, 0.25) is 0 Å². The summed E-state index contributed by atoms with van der Waals surface area (Å²) >= 11 is 1.65. The lowest BCUT2D eigenvalue weighted by atomic mass is 10.1. The van der Waals surface area contributed by atoms with Gasteiger partial charge in [0.05, 0.1) is 11.2 Å². The van der Waals surface area contributed by atoms with Gasteiger partial charge >= 0.3 is 0 Å². The summed E-state index contributed by atoms with van der Waals surface area (Å²) in [6.45, 7) is 0.884. The van der Waals surface area contributed by atoms with E-state index < -0.39 is 0 Å². The molecule has 3 rings (SSSR count). The van der Waals surface area contributed by atoms with Gasteiger partial charge in [-0.05, 0) is 24.6 Å². The van der Waals surface area contributed by atoms with E-state index in [-0.39, 0.29) is 6.04 Å². The molecule has 0 amide bonds. The second-order valence-corrected chi connectivity index (χ2v) is 5.60. The largest absolute Gasteiger partial charge is 0.324 e. The second kappa shape index (κ2) is 4.80. The smallest absolute Gasteiger partial charge is 0.0795 e. The van der Waals surface area contributed by atoms with E-state index in [1.807, 2.05) is 5.51 Å². The van der Waals surface area contributed by atoms with Crippen LogP contribution in [0.3, 0.4) is 0 Å². The van der Waals surface area contributed by atoms with Crippen LogP contribution in [0.25, 0.3) is 0 Å².